The van der Waals surface area contributed by atoms with Gasteiger partial charge in [-0.2, -0.15) is 5.10 Å². The molecule has 0 fully saturated rings. The van der Waals surface area contributed by atoms with Crippen LogP contribution in [0.3, 0.4) is 0 Å². The number of anilines is 1. The number of H-pyrrole nitrogens is 1. The number of nitrogens with two attached hydrogens (primary N) is 1. The van der Waals surface area contributed by atoms with Crippen LogP contribution in [0.15, 0.2) is 24.4 Å². The van der Waals surface area contributed by atoms with Gasteiger partial charge >= 0.3 is 0 Å². The van der Waals surface area contributed by atoms with E-state index in [0.29, 0.717) is 22.9 Å². The summed E-state index contributed by atoms with van der Waals surface area (Å²) in [7, 11) is 0. The summed E-state index contributed by atoms with van der Waals surface area (Å²) in [6.45, 7) is 2.17. The summed E-state index contributed by atoms with van der Waals surface area (Å²) in [5, 5.41) is 9.59. The molecule has 1 amide bonds. The molecule has 0 aliphatic rings. The topological polar surface area (TPSA) is 83.8 Å². The van der Waals surface area contributed by atoms with E-state index in [4.69, 9.17) is 17.3 Å². The van der Waals surface area contributed by atoms with Crippen molar-refractivity contribution >= 4 is 23.3 Å². The summed E-state index contributed by atoms with van der Waals surface area (Å²) in [5.41, 5.74) is 7.69. The summed E-state index contributed by atoms with van der Waals surface area (Å²) >= 11 is 6.08. The fourth-order valence-corrected chi connectivity index (χ4v) is 1.77. The van der Waals surface area contributed by atoms with Crippen molar-refractivity contribution in [3.05, 3.63) is 46.1 Å². The van der Waals surface area contributed by atoms with Gasteiger partial charge in [-0.1, -0.05) is 23.7 Å². The third-order valence-corrected chi connectivity index (χ3v) is 3.13. The smallest absolute Gasteiger partial charge is 0.253 e. The van der Waals surface area contributed by atoms with E-state index in [-0.39, 0.29) is 5.91 Å². The van der Waals surface area contributed by atoms with Gasteiger partial charge < -0.3 is 11.1 Å². The van der Waals surface area contributed by atoms with Crippen LogP contribution in [-0.2, 0) is 6.54 Å². The minimum atomic E-state index is -0.232. The fraction of sp³-hybridized carbons (Fsp3) is 0.167. The number of aromatic amines is 1. The van der Waals surface area contributed by atoms with E-state index in [1.165, 1.54) is 0 Å². The van der Waals surface area contributed by atoms with Gasteiger partial charge in [0.15, 0.2) is 0 Å². The van der Waals surface area contributed by atoms with Crippen molar-refractivity contribution in [2.45, 2.75) is 13.5 Å². The van der Waals surface area contributed by atoms with Crippen LogP contribution in [0.4, 0.5) is 5.82 Å². The standard InChI is InChI=1S/C12H13ClN4O/c1-7-3-2-4-9(10(7)13)12(18)15-5-8-6-16-17-11(8)14/h2-4,6H,5H2,1H3,(H,15,18)(H3,14,16,17). The normalized spacial score (nSPS) is 10.3. The molecule has 0 unspecified atom stereocenters. The summed E-state index contributed by atoms with van der Waals surface area (Å²) in [6.07, 6.45) is 1.58. The molecule has 2 aromatic rings. The lowest BCUT2D eigenvalue weighted by Crippen LogP contribution is -2.23. The zero-order valence-electron chi connectivity index (χ0n) is 9.83. The van der Waals surface area contributed by atoms with Gasteiger partial charge in [0.05, 0.1) is 16.8 Å². The molecule has 0 radical (unpaired) electrons. The average molecular weight is 265 g/mol. The van der Waals surface area contributed by atoms with Crippen molar-refractivity contribution < 1.29 is 4.79 Å². The highest BCUT2D eigenvalue weighted by atomic mass is 35.5. The largest absolute Gasteiger partial charge is 0.384 e. The van der Waals surface area contributed by atoms with Crippen molar-refractivity contribution in [2.24, 2.45) is 0 Å². The van der Waals surface area contributed by atoms with E-state index >= 15 is 0 Å². The Morgan fingerprint density at radius 2 is 2.33 bits per heavy atom. The molecule has 2 rings (SSSR count). The average Bonchev–Trinajstić information content (AvgIpc) is 2.75. The van der Waals surface area contributed by atoms with Gasteiger partial charge in [-0.25, -0.2) is 0 Å². The lowest BCUT2D eigenvalue weighted by Gasteiger charge is -2.07. The van der Waals surface area contributed by atoms with Crippen LogP contribution < -0.4 is 11.1 Å². The number of hydrogen-bond acceptors (Lipinski definition) is 3. The first-order valence-electron chi connectivity index (χ1n) is 5.40. The van der Waals surface area contributed by atoms with Crippen LogP contribution in [0.5, 0.6) is 0 Å². The Hall–Kier alpha value is -2.01. The number of carbonyl (C=O) groups is 1. The summed E-state index contributed by atoms with van der Waals surface area (Å²) < 4.78 is 0. The van der Waals surface area contributed by atoms with E-state index in [2.05, 4.69) is 15.5 Å². The molecule has 4 N–H and O–H groups in total. The number of benzene rings is 1. The van der Waals surface area contributed by atoms with Crippen LogP contribution in [0.1, 0.15) is 21.5 Å². The Morgan fingerprint density at radius 1 is 1.56 bits per heavy atom. The number of amides is 1. The second-order valence-corrected chi connectivity index (χ2v) is 4.31. The third kappa shape index (κ3) is 2.46. The molecular weight excluding hydrogens is 252 g/mol. The lowest BCUT2D eigenvalue weighted by molar-refractivity contribution is 0.0951. The number of aryl methyl sites for hydroxylation is 1. The highest BCUT2D eigenvalue weighted by Gasteiger charge is 2.12. The lowest BCUT2D eigenvalue weighted by atomic mass is 10.1. The maximum absolute atomic E-state index is 12.0. The van der Waals surface area contributed by atoms with Crippen molar-refractivity contribution in [1.29, 1.82) is 0 Å². The van der Waals surface area contributed by atoms with Crippen LogP contribution in [0, 0.1) is 6.92 Å². The maximum atomic E-state index is 12.0. The van der Waals surface area contributed by atoms with Crippen LogP contribution in [-0.4, -0.2) is 16.1 Å². The third-order valence-electron chi connectivity index (χ3n) is 2.63. The van der Waals surface area contributed by atoms with Gasteiger partial charge in [-0.05, 0) is 18.6 Å². The van der Waals surface area contributed by atoms with Crippen molar-refractivity contribution in [3.63, 3.8) is 0 Å². The van der Waals surface area contributed by atoms with Crippen molar-refractivity contribution in [2.75, 3.05) is 5.73 Å². The van der Waals surface area contributed by atoms with Crippen LogP contribution in [0.2, 0.25) is 5.02 Å². The van der Waals surface area contributed by atoms with Gasteiger partial charge in [-0.3, -0.25) is 9.89 Å². The zero-order chi connectivity index (χ0) is 13.1. The molecule has 1 heterocycles. The predicted molar refractivity (Wildman–Crippen MR) is 70.4 cm³/mol. The maximum Gasteiger partial charge on any atom is 0.253 e. The molecule has 0 spiro atoms. The molecule has 0 atom stereocenters. The Morgan fingerprint density at radius 3 is 3.00 bits per heavy atom. The highest BCUT2D eigenvalue weighted by Crippen LogP contribution is 2.20. The second kappa shape index (κ2) is 5.10. The number of halogens is 1. The first kappa shape index (κ1) is 12.4. The Kier molecular flexibility index (Phi) is 3.53. The van der Waals surface area contributed by atoms with Crippen LogP contribution in [0.25, 0.3) is 0 Å². The quantitative estimate of drug-likeness (QED) is 0.791. The molecule has 1 aromatic heterocycles. The molecule has 0 aliphatic carbocycles. The highest BCUT2D eigenvalue weighted by molar-refractivity contribution is 6.34. The van der Waals surface area contributed by atoms with Gasteiger partial charge in [0.2, 0.25) is 0 Å². The number of nitrogens with zero attached hydrogens (tertiary/aromatic N) is 1. The van der Waals surface area contributed by atoms with Crippen molar-refractivity contribution in [1.82, 2.24) is 15.5 Å². The minimum Gasteiger partial charge on any atom is -0.384 e. The molecule has 1 aromatic carbocycles. The summed E-state index contributed by atoms with van der Waals surface area (Å²) in [4.78, 5) is 12.0. The Balaban J connectivity index is 2.09. The first-order chi connectivity index (χ1) is 8.59. The number of nitrogens with one attached hydrogen (secondary N) is 2. The summed E-state index contributed by atoms with van der Waals surface area (Å²) in [5.74, 6) is 0.218. The van der Waals surface area contributed by atoms with E-state index < -0.39 is 0 Å². The van der Waals surface area contributed by atoms with Crippen LogP contribution >= 0.6 is 11.6 Å². The number of aromatic nitrogens is 2. The van der Waals surface area contributed by atoms with E-state index in [0.717, 1.165) is 11.1 Å². The Bertz CT molecular complexity index is 579. The Labute approximate surface area is 109 Å². The van der Waals surface area contributed by atoms with Gasteiger partial charge in [0.25, 0.3) is 5.91 Å². The summed E-state index contributed by atoms with van der Waals surface area (Å²) in [6, 6.07) is 5.33. The molecule has 6 heteroatoms. The molecule has 94 valence electrons. The number of hydrogen-bond donors (Lipinski definition) is 3. The molecule has 0 bridgehead atoms. The number of rotatable bonds is 3. The molecular formula is C12H13ClN4O. The fourth-order valence-electron chi connectivity index (χ4n) is 1.56. The molecule has 0 saturated carbocycles. The monoisotopic (exact) mass is 264 g/mol. The molecule has 0 saturated heterocycles. The molecule has 5 nitrogen and oxygen atoms in total. The van der Waals surface area contributed by atoms with E-state index in [9.17, 15) is 4.79 Å². The second-order valence-electron chi connectivity index (χ2n) is 3.93. The predicted octanol–water partition coefficient (Wildman–Crippen LogP) is 1.88. The van der Waals surface area contributed by atoms with Gasteiger partial charge in [-0.15, -0.1) is 0 Å². The van der Waals surface area contributed by atoms with E-state index in [1.54, 1.807) is 18.3 Å². The zero-order valence-corrected chi connectivity index (χ0v) is 10.6. The minimum absolute atomic E-state index is 0.232. The van der Waals surface area contributed by atoms with Gasteiger partial charge in [0, 0.05) is 12.1 Å². The number of carbonyl (C=O) groups excluding carboxylic acids is 1. The van der Waals surface area contributed by atoms with Crippen molar-refractivity contribution in [3.8, 4) is 0 Å². The van der Waals surface area contributed by atoms with Gasteiger partial charge in [0.1, 0.15) is 5.82 Å². The SMILES string of the molecule is Cc1cccc(C(=O)NCc2cn[nH]c2N)c1Cl. The molecule has 0 aliphatic heterocycles. The first-order valence-corrected chi connectivity index (χ1v) is 5.78. The molecule has 18 heavy (non-hydrogen) atoms. The number of nitrogen functional groups attached to an aromatic ring is 1. The van der Waals surface area contributed by atoms with E-state index in [1.807, 2.05) is 13.0 Å².